The predicted molar refractivity (Wildman–Crippen MR) is 90.6 cm³/mol. The molecule has 0 saturated carbocycles. The van der Waals surface area contributed by atoms with E-state index in [2.05, 4.69) is 28.9 Å². The number of hydrogen-bond acceptors (Lipinski definition) is 3. The second-order valence-electron chi connectivity index (χ2n) is 5.18. The zero-order chi connectivity index (χ0) is 16.1. The molecule has 2 aromatic rings. The van der Waals surface area contributed by atoms with Gasteiger partial charge in [0.05, 0.1) is 19.8 Å². The molecule has 2 aromatic carbocycles. The Morgan fingerprint density at radius 2 is 1.82 bits per heavy atom. The first-order valence-electron chi connectivity index (χ1n) is 7.06. The molecule has 0 heterocycles. The van der Waals surface area contributed by atoms with Gasteiger partial charge in [-0.25, -0.2) is 4.79 Å². The summed E-state index contributed by atoms with van der Waals surface area (Å²) in [5.74, 6) is 0.874. The van der Waals surface area contributed by atoms with Crippen molar-refractivity contribution in [3.8, 4) is 5.75 Å². The van der Waals surface area contributed by atoms with E-state index in [0.717, 1.165) is 16.6 Å². The van der Waals surface area contributed by atoms with Crippen LogP contribution in [0.25, 0.3) is 0 Å². The van der Waals surface area contributed by atoms with Gasteiger partial charge in [0.25, 0.3) is 0 Å². The summed E-state index contributed by atoms with van der Waals surface area (Å²) >= 11 is 3.59. The lowest BCUT2D eigenvalue weighted by Gasteiger charge is -2.14. The third-order valence-corrected chi connectivity index (χ3v) is 4.43. The van der Waals surface area contributed by atoms with Gasteiger partial charge in [-0.1, -0.05) is 41.1 Å². The molecule has 0 bridgehead atoms. The van der Waals surface area contributed by atoms with E-state index in [4.69, 9.17) is 9.47 Å². The first kappa shape index (κ1) is 16.6. The lowest BCUT2D eigenvalue weighted by atomic mass is 9.93. The number of benzene rings is 2. The monoisotopic (exact) mass is 362 g/mol. The number of carbonyl (C=O) groups is 1. The molecular formula is C18H19BrO3. The van der Waals surface area contributed by atoms with E-state index >= 15 is 0 Å². The van der Waals surface area contributed by atoms with Crippen LogP contribution in [-0.2, 0) is 11.2 Å². The number of esters is 1. The highest BCUT2D eigenvalue weighted by Gasteiger charge is 2.11. The van der Waals surface area contributed by atoms with Gasteiger partial charge in [-0.2, -0.15) is 0 Å². The van der Waals surface area contributed by atoms with Crippen LogP contribution in [0.1, 0.15) is 34.3 Å². The summed E-state index contributed by atoms with van der Waals surface area (Å²) in [5, 5.41) is 0. The molecule has 4 heteroatoms. The highest BCUT2D eigenvalue weighted by molar-refractivity contribution is 9.10. The van der Waals surface area contributed by atoms with Crippen LogP contribution in [0.15, 0.2) is 46.9 Å². The number of carbonyl (C=O) groups excluding carboxylic acids is 1. The van der Waals surface area contributed by atoms with Gasteiger partial charge in [0, 0.05) is 4.47 Å². The normalized spacial score (nSPS) is 11.8. The molecule has 0 fully saturated rings. The lowest BCUT2D eigenvalue weighted by Crippen LogP contribution is -2.03. The van der Waals surface area contributed by atoms with E-state index in [1.165, 1.54) is 18.2 Å². The molecule has 1 atom stereocenters. The van der Waals surface area contributed by atoms with Crippen LogP contribution in [0.2, 0.25) is 0 Å². The van der Waals surface area contributed by atoms with Gasteiger partial charge in [-0.3, -0.25) is 0 Å². The molecule has 116 valence electrons. The molecule has 0 aliphatic heterocycles. The minimum atomic E-state index is -0.308. The Morgan fingerprint density at radius 1 is 1.14 bits per heavy atom. The molecule has 0 aliphatic rings. The second kappa shape index (κ2) is 7.45. The Bertz CT molecular complexity index is 650. The summed E-state index contributed by atoms with van der Waals surface area (Å²) < 4.78 is 11.0. The summed E-state index contributed by atoms with van der Waals surface area (Å²) in [6, 6.07) is 13.6. The maximum absolute atomic E-state index is 11.5. The second-order valence-corrected chi connectivity index (χ2v) is 6.03. The van der Waals surface area contributed by atoms with Gasteiger partial charge in [-0.05, 0) is 47.7 Å². The highest BCUT2D eigenvalue weighted by atomic mass is 79.9. The quantitative estimate of drug-likeness (QED) is 0.729. The first-order valence-corrected chi connectivity index (χ1v) is 7.85. The third kappa shape index (κ3) is 3.89. The van der Waals surface area contributed by atoms with Crippen molar-refractivity contribution in [3.63, 3.8) is 0 Å². The fraction of sp³-hybridized carbons (Fsp3) is 0.278. The summed E-state index contributed by atoms with van der Waals surface area (Å²) in [7, 11) is 3.05. The summed E-state index contributed by atoms with van der Waals surface area (Å²) in [4.78, 5) is 11.5. The standard InChI is InChI=1S/C18H19BrO3/c1-12(10-15-8-9-16(21-2)11-17(15)19)13-4-6-14(7-5-13)18(20)22-3/h4-9,11-12H,10H2,1-3H3. The largest absolute Gasteiger partial charge is 0.497 e. The highest BCUT2D eigenvalue weighted by Crippen LogP contribution is 2.28. The summed E-state index contributed by atoms with van der Waals surface area (Å²) in [6.07, 6.45) is 0.905. The third-order valence-electron chi connectivity index (χ3n) is 3.69. The van der Waals surface area contributed by atoms with Crippen molar-refractivity contribution >= 4 is 21.9 Å². The molecule has 22 heavy (non-hydrogen) atoms. The zero-order valence-electron chi connectivity index (χ0n) is 12.9. The van der Waals surface area contributed by atoms with Gasteiger partial charge >= 0.3 is 5.97 Å². The van der Waals surface area contributed by atoms with E-state index in [9.17, 15) is 4.79 Å². The van der Waals surface area contributed by atoms with Crippen molar-refractivity contribution in [2.75, 3.05) is 14.2 Å². The molecule has 0 radical (unpaired) electrons. The molecule has 2 rings (SSSR count). The Balaban J connectivity index is 2.12. The first-order chi connectivity index (χ1) is 10.5. The van der Waals surface area contributed by atoms with Crippen LogP contribution < -0.4 is 4.74 Å². The van der Waals surface area contributed by atoms with Crippen LogP contribution in [0.3, 0.4) is 0 Å². The minimum absolute atomic E-state index is 0.308. The minimum Gasteiger partial charge on any atom is -0.497 e. The van der Waals surface area contributed by atoms with Crippen molar-refractivity contribution in [1.29, 1.82) is 0 Å². The van der Waals surface area contributed by atoms with Crippen molar-refractivity contribution < 1.29 is 14.3 Å². The molecule has 0 saturated heterocycles. The molecule has 3 nitrogen and oxygen atoms in total. The summed E-state index contributed by atoms with van der Waals surface area (Å²) in [6.45, 7) is 2.17. The van der Waals surface area contributed by atoms with Crippen LogP contribution >= 0.6 is 15.9 Å². The Kier molecular flexibility index (Phi) is 5.61. The average molecular weight is 363 g/mol. The van der Waals surface area contributed by atoms with Crippen molar-refractivity contribution in [3.05, 3.63) is 63.6 Å². The number of halogens is 1. The van der Waals surface area contributed by atoms with Crippen LogP contribution in [-0.4, -0.2) is 20.2 Å². The molecule has 0 aromatic heterocycles. The van der Waals surface area contributed by atoms with Crippen molar-refractivity contribution in [2.24, 2.45) is 0 Å². The number of ether oxygens (including phenoxy) is 2. The molecule has 1 unspecified atom stereocenters. The van der Waals surface area contributed by atoms with Crippen molar-refractivity contribution in [2.45, 2.75) is 19.3 Å². The molecular weight excluding hydrogens is 344 g/mol. The Labute approximate surface area is 139 Å². The molecule has 0 N–H and O–H groups in total. The fourth-order valence-corrected chi connectivity index (χ4v) is 2.85. The topological polar surface area (TPSA) is 35.5 Å². The van der Waals surface area contributed by atoms with E-state index in [1.807, 2.05) is 24.3 Å². The van der Waals surface area contributed by atoms with E-state index in [-0.39, 0.29) is 5.97 Å². The van der Waals surface area contributed by atoms with E-state index in [1.54, 1.807) is 19.2 Å². The van der Waals surface area contributed by atoms with E-state index < -0.39 is 0 Å². The van der Waals surface area contributed by atoms with Crippen LogP contribution in [0, 0.1) is 0 Å². The zero-order valence-corrected chi connectivity index (χ0v) is 14.5. The van der Waals surface area contributed by atoms with Gasteiger partial charge in [0.1, 0.15) is 5.75 Å². The maximum atomic E-state index is 11.5. The fourth-order valence-electron chi connectivity index (χ4n) is 2.33. The number of hydrogen-bond donors (Lipinski definition) is 0. The number of rotatable bonds is 5. The SMILES string of the molecule is COC(=O)c1ccc(C(C)Cc2ccc(OC)cc2Br)cc1. The maximum Gasteiger partial charge on any atom is 0.337 e. The predicted octanol–water partition coefficient (Wildman–Crippen LogP) is 4.59. The van der Waals surface area contributed by atoms with Gasteiger partial charge in [0.2, 0.25) is 0 Å². The number of methoxy groups -OCH3 is 2. The van der Waals surface area contributed by atoms with Gasteiger partial charge < -0.3 is 9.47 Å². The molecule has 0 amide bonds. The molecule has 0 aliphatic carbocycles. The average Bonchev–Trinajstić information content (AvgIpc) is 2.56. The van der Waals surface area contributed by atoms with Gasteiger partial charge in [0.15, 0.2) is 0 Å². The van der Waals surface area contributed by atoms with Crippen LogP contribution in [0.4, 0.5) is 0 Å². The van der Waals surface area contributed by atoms with E-state index in [0.29, 0.717) is 11.5 Å². The molecule has 0 spiro atoms. The lowest BCUT2D eigenvalue weighted by molar-refractivity contribution is 0.0600. The van der Waals surface area contributed by atoms with Crippen LogP contribution in [0.5, 0.6) is 5.75 Å². The Morgan fingerprint density at radius 3 is 2.36 bits per heavy atom. The smallest absolute Gasteiger partial charge is 0.337 e. The summed E-state index contributed by atoms with van der Waals surface area (Å²) in [5.41, 5.74) is 2.99. The van der Waals surface area contributed by atoms with Gasteiger partial charge in [-0.15, -0.1) is 0 Å². The Hall–Kier alpha value is -1.81. The van der Waals surface area contributed by atoms with Crippen molar-refractivity contribution in [1.82, 2.24) is 0 Å².